The molecule has 0 unspecified atom stereocenters. The van der Waals surface area contributed by atoms with Gasteiger partial charge in [0.2, 0.25) is 0 Å². The number of nitrogens with zero attached hydrogens (tertiary/aromatic N) is 1. The molecule has 4 rings (SSSR count). The molecule has 0 spiro atoms. The van der Waals surface area contributed by atoms with Gasteiger partial charge >= 0.3 is 6.18 Å². The van der Waals surface area contributed by atoms with Gasteiger partial charge in [-0.25, -0.2) is 0 Å². The summed E-state index contributed by atoms with van der Waals surface area (Å²) in [4.78, 5) is 0. The topological polar surface area (TPSA) is 24.4 Å². The Kier molecular flexibility index (Phi) is 9.05. The van der Waals surface area contributed by atoms with E-state index in [0.717, 1.165) is 23.4 Å². The molecule has 0 bridgehead atoms. The van der Waals surface area contributed by atoms with Gasteiger partial charge in [-0.2, -0.15) is 13.2 Å². The lowest BCUT2D eigenvalue weighted by molar-refractivity contribution is -0.137. The molecule has 0 saturated heterocycles. The molecule has 4 aromatic rings. The second kappa shape index (κ2) is 12.3. The largest absolute Gasteiger partial charge is 0.416 e. The van der Waals surface area contributed by atoms with Gasteiger partial charge in [0.05, 0.1) is 25.2 Å². The van der Waals surface area contributed by atoms with Gasteiger partial charge in [0.15, 0.2) is 0 Å². The molecule has 0 fully saturated rings. The van der Waals surface area contributed by atoms with E-state index < -0.39 is 18.8 Å². The maximum absolute atomic E-state index is 13.0. The molecule has 4 aromatic carbocycles. The van der Waals surface area contributed by atoms with E-state index in [4.69, 9.17) is 4.74 Å². The Hall–Kier alpha value is -3.56. The Morgan fingerprint density at radius 1 is 0.725 bits per heavy atom. The van der Waals surface area contributed by atoms with Crippen LogP contribution in [0.2, 0.25) is 0 Å². The molecule has 0 aromatic heterocycles. The van der Waals surface area contributed by atoms with Crippen LogP contribution in [0, 0.1) is 5.41 Å². The number of alkyl halides is 3. The van der Waals surface area contributed by atoms with Crippen molar-refractivity contribution in [1.82, 2.24) is 5.32 Å². The zero-order chi connectivity index (χ0) is 28.8. The third-order valence-electron chi connectivity index (χ3n) is 6.99. The molecule has 6 heteroatoms. The van der Waals surface area contributed by atoms with Crippen LogP contribution >= 0.6 is 7.05 Å². The van der Waals surface area contributed by atoms with Crippen molar-refractivity contribution in [1.29, 1.82) is 0 Å². The lowest BCUT2D eigenvalue weighted by atomic mass is 9.86. The first-order chi connectivity index (χ1) is 19.0. The van der Waals surface area contributed by atoms with E-state index in [1.807, 2.05) is 18.2 Å². The molecule has 2 nitrogen and oxygen atoms in total. The van der Waals surface area contributed by atoms with Gasteiger partial charge in [-0.3, -0.25) is 4.74 Å². The molecular weight excluding hydrogens is 524 g/mol. The molecule has 0 aliphatic rings. The van der Waals surface area contributed by atoms with E-state index in [1.54, 1.807) is 0 Å². The van der Waals surface area contributed by atoms with Crippen LogP contribution in [0.15, 0.2) is 132 Å². The summed E-state index contributed by atoms with van der Waals surface area (Å²) in [7, 11) is -2.36. The molecule has 40 heavy (non-hydrogen) atoms. The van der Waals surface area contributed by atoms with Gasteiger partial charge in [0.1, 0.15) is 0 Å². The summed E-state index contributed by atoms with van der Waals surface area (Å²) < 4.78 is 44.6. The fourth-order valence-corrected chi connectivity index (χ4v) is 8.32. The molecule has 0 aliphatic carbocycles. The van der Waals surface area contributed by atoms with Gasteiger partial charge in [0.25, 0.3) is 0 Å². The Balaban J connectivity index is 1.71. The molecule has 0 radical (unpaired) electrons. The molecule has 0 aliphatic heterocycles. The number of benzene rings is 4. The SMILES string of the molecule is C=C(Cc1ccc(C(F)(F)F)cc1)N[C@@H](CN=P(c1ccccc1)(c1ccccc1)c1ccccc1)C(C)(C)C. The number of allylic oxidation sites excluding steroid dienone is 1. The lowest BCUT2D eigenvalue weighted by Crippen LogP contribution is -2.42. The second-order valence-electron chi connectivity index (χ2n) is 11.0. The molecule has 0 amide bonds. The lowest BCUT2D eigenvalue weighted by Gasteiger charge is -2.34. The highest BCUT2D eigenvalue weighted by Gasteiger charge is 2.31. The third kappa shape index (κ3) is 6.95. The highest BCUT2D eigenvalue weighted by Crippen LogP contribution is 2.46. The smallest absolute Gasteiger partial charge is 0.383 e. The number of halogens is 3. The Morgan fingerprint density at radius 2 is 1.15 bits per heavy atom. The normalized spacial score (nSPS) is 12.9. The second-order valence-corrected chi connectivity index (χ2v) is 14.1. The van der Waals surface area contributed by atoms with Crippen molar-refractivity contribution in [2.45, 2.75) is 39.4 Å². The van der Waals surface area contributed by atoms with Crippen molar-refractivity contribution in [2.24, 2.45) is 10.2 Å². The standard InChI is InChI=1S/C34H36F3N2P/c1-26(24-27-20-22-28(23-21-27)34(35,36)37)39-32(33(2,3)4)25-38-40(29-14-8-5-9-15-29,30-16-10-6-11-17-30)31-18-12-7-13-19-31/h5-23,32,39H,1,24-25H2,2-4H3/t32-/m0/s1. The summed E-state index contributed by atoms with van der Waals surface area (Å²) in [6.45, 7) is 11.3. The Bertz CT molecular complexity index is 1340. The first-order valence-electron chi connectivity index (χ1n) is 13.4. The van der Waals surface area contributed by atoms with Crippen molar-refractivity contribution in [3.8, 4) is 0 Å². The molecule has 208 valence electrons. The van der Waals surface area contributed by atoms with E-state index in [1.165, 1.54) is 28.0 Å². The summed E-state index contributed by atoms with van der Waals surface area (Å²) in [5.41, 5.74) is 0.712. The first kappa shape index (κ1) is 29.4. The quantitative estimate of drug-likeness (QED) is 0.207. The van der Waals surface area contributed by atoms with Crippen LogP contribution in [0.4, 0.5) is 13.2 Å². The van der Waals surface area contributed by atoms with Crippen molar-refractivity contribution in [2.75, 3.05) is 6.54 Å². The van der Waals surface area contributed by atoms with E-state index in [2.05, 4.69) is 105 Å². The van der Waals surface area contributed by atoms with E-state index in [-0.39, 0.29) is 11.5 Å². The van der Waals surface area contributed by atoms with Crippen LogP contribution in [-0.4, -0.2) is 12.6 Å². The van der Waals surface area contributed by atoms with Crippen molar-refractivity contribution in [3.05, 3.63) is 139 Å². The van der Waals surface area contributed by atoms with E-state index >= 15 is 0 Å². The van der Waals surface area contributed by atoms with Gasteiger partial charge in [0, 0.05) is 28.0 Å². The summed E-state index contributed by atoms with van der Waals surface area (Å²) >= 11 is 0. The van der Waals surface area contributed by atoms with Crippen molar-refractivity contribution in [3.63, 3.8) is 0 Å². The number of nitrogens with one attached hydrogen (secondary N) is 1. The fraction of sp³-hybridized carbons (Fsp3) is 0.235. The highest BCUT2D eigenvalue weighted by molar-refractivity contribution is 7.87. The fourth-order valence-electron chi connectivity index (χ4n) is 4.72. The van der Waals surface area contributed by atoms with Gasteiger partial charge in [-0.15, -0.1) is 0 Å². The van der Waals surface area contributed by atoms with Crippen molar-refractivity contribution >= 4 is 23.0 Å². The maximum atomic E-state index is 13.0. The van der Waals surface area contributed by atoms with Crippen molar-refractivity contribution < 1.29 is 13.2 Å². The van der Waals surface area contributed by atoms with Crippen LogP contribution in [0.25, 0.3) is 0 Å². The average Bonchev–Trinajstić information content (AvgIpc) is 2.94. The summed E-state index contributed by atoms with van der Waals surface area (Å²) in [6, 6.07) is 36.7. The van der Waals surface area contributed by atoms with Crippen LogP contribution in [0.1, 0.15) is 31.9 Å². The number of hydrogen-bond donors (Lipinski definition) is 1. The van der Waals surface area contributed by atoms with E-state index in [9.17, 15) is 13.2 Å². The minimum atomic E-state index is -4.35. The number of rotatable bonds is 9. The molecule has 0 heterocycles. The molecule has 0 saturated carbocycles. The Labute approximate surface area is 236 Å². The molecular formula is C34H36F3N2P. The minimum Gasteiger partial charge on any atom is -0.383 e. The van der Waals surface area contributed by atoms with Gasteiger partial charge in [-0.1, -0.05) is 130 Å². The molecule has 1 atom stereocenters. The summed E-state index contributed by atoms with van der Waals surface area (Å²) in [5, 5.41) is 7.14. The summed E-state index contributed by atoms with van der Waals surface area (Å²) in [5.74, 6) is 0. The average molecular weight is 561 g/mol. The third-order valence-corrected chi connectivity index (χ3v) is 10.7. The predicted molar refractivity (Wildman–Crippen MR) is 163 cm³/mol. The van der Waals surface area contributed by atoms with E-state index in [0.29, 0.717) is 13.0 Å². The van der Waals surface area contributed by atoms with Gasteiger partial charge < -0.3 is 5.32 Å². The zero-order valence-corrected chi connectivity index (χ0v) is 24.1. The van der Waals surface area contributed by atoms with Crippen LogP contribution < -0.4 is 21.2 Å². The van der Waals surface area contributed by atoms with Crippen LogP contribution in [0.3, 0.4) is 0 Å². The first-order valence-corrected chi connectivity index (χ1v) is 15.1. The maximum Gasteiger partial charge on any atom is 0.416 e. The van der Waals surface area contributed by atoms with Crippen LogP contribution in [0.5, 0.6) is 0 Å². The summed E-state index contributed by atoms with van der Waals surface area (Å²) in [6.07, 6.45) is -3.92. The van der Waals surface area contributed by atoms with Crippen LogP contribution in [-0.2, 0) is 12.6 Å². The van der Waals surface area contributed by atoms with Gasteiger partial charge in [-0.05, 0) is 23.1 Å². The molecule has 1 N–H and O–H groups in total. The predicted octanol–water partition coefficient (Wildman–Crippen LogP) is 7.94. The number of hydrogen-bond acceptors (Lipinski definition) is 2. The Morgan fingerprint density at radius 3 is 1.52 bits per heavy atom. The zero-order valence-electron chi connectivity index (χ0n) is 23.2. The monoisotopic (exact) mass is 560 g/mol. The highest BCUT2D eigenvalue weighted by atomic mass is 31.2. The minimum absolute atomic E-state index is 0.0510.